The maximum Gasteiger partial charge on any atom is 0.332 e. The molecule has 3 atom stereocenters. The first kappa shape index (κ1) is 25.5. The first-order chi connectivity index (χ1) is 15.7. The van der Waals surface area contributed by atoms with Crippen LogP contribution in [0.3, 0.4) is 0 Å². The van der Waals surface area contributed by atoms with E-state index in [4.69, 9.17) is 11.5 Å². The standard InChI is InChI=1S/C20H29N7O6/c21-20(22)24-11-5-9-16(19(30)31)26(27(32)33)18(29)15(12-13-6-2-1-3-7-13)25-17(28)14-8-4-10-23-14/h1-3,6-7,14-16,23H,4-5,8-12H2,(H,25,28)(H,30,31)(H4,21,22,24)/t14-,15-,16-/m0/s1. The number of nitrogens with two attached hydrogens (primary N) is 2. The van der Waals surface area contributed by atoms with Gasteiger partial charge in [-0.2, -0.15) is 0 Å². The van der Waals surface area contributed by atoms with Gasteiger partial charge in [-0.05, 0) is 42.8 Å². The molecule has 0 aromatic heterocycles. The van der Waals surface area contributed by atoms with Crippen LogP contribution in [-0.4, -0.2) is 70.1 Å². The van der Waals surface area contributed by atoms with Crippen molar-refractivity contribution in [2.75, 3.05) is 13.1 Å². The molecule has 0 saturated carbocycles. The van der Waals surface area contributed by atoms with Gasteiger partial charge in [-0.25, -0.2) is 14.9 Å². The number of carbonyl (C=O) groups excluding carboxylic acids is 2. The molecule has 1 aromatic rings. The van der Waals surface area contributed by atoms with Gasteiger partial charge < -0.3 is 27.2 Å². The van der Waals surface area contributed by atoms with Crippen molar-refractivity contribution in [3.63, 3.8) is 0 Å². The maximum absolute atomic E-state index is 13.2. The van der Waals surface area contributed by atoms with Gasteiger partial charge in [0.05, 0.1) is 6.04 Å². The predicted octanol–water partition coefficient (Wildman–Crippen LogP) is -1.01. The first-order valence-electron chi connectivity index (χ1n) is 10.5. The minimum absolute atomic E-state index is 0.0389. The van der Waals surface area contributed by atoms with Crippen LogP contribution in [-0.2, 0) is 20.8 Å². The van der Waals surface area contributed by atoms with Crippen molar-refractivity contribution in [1.82, 2.24) is 15.6 Å². The van der Waals surface area contributed by atoms with Gasteiger partial charge in [0, 0.05) is 13.0 Å². The Morgan fingerprint density at radius 2 is 2.00 bits per heavy atom. The monoisotopic (exact) mass is 463 g/mol. The number of hydrogen-bond donors (Lipinski definition) is 5. The quantitative estimate of drug-likeness (QED) is 0.0845. The van der Waals surface area contributed by atoms with Crippen LogP contribution in [0.1, 0.15) is 31.2 Å². The van der Waals surface area contributed by atoms with Crippen LogP contribution < -0.4 is 22.1 Å². The molecular formula is C20H29N7O6. The highest BCUT2D eigenvalue weighted by atomic mass is 16.7. The van der Waals surface area contributed by atoms with Gasteiger partial charge in [0.25, 0.3) is 0 Å². The van der Waals surface area contributed by atoms with Crippen molar-refractivity contribution >= 4 is 23.7 Å². The molecule has 1 aliphatic heterocycles. The molecule has 7 N–H and O–H groups in total. The number of nitrogens with zero attached hydrogens (tertiary/aromatic N) is 3. The Hall–Kier alpha value is -3.74. The molecule has 2 rings (SSSR count). The highest BCUT2D eigenvalue weighted by Crippen LogP contribution is 2.14. The van der Waals surface area contributed by atoms with Gasteiger partial charge in [-0.15, -0.1) is 0 Å². The normalized spacial score (nSPS) is 16.9. The van der Waals surface area contributed by atoms with Crippen molar-refractivity contribution < 1.29 is 24.5 Å². The van der Waals surface area contributed by atoms with E-state index in [0.717, 1.165) is 6.42 Å². The molecule has 0 spiro atoms. The fourth-order valence-electron chi connectivity index (χ4n) is 3.58. The van der Waals surface area contributed by atoms with Crippen LogP contribution in [0.2, 0.25) is 0 Å². The molecule has 0 bridgehead atoms. The number of hydrogen-bond acceptors (Lipinski definition) is 7. The summed E-state index contributed by atoms with van der Waals surface area (Å²) in [5, 5.41) is 26.0. The number of carboxylic acid groups (broad SMARTS) is 1. The average Bonchev–Trinajstić information content (AvgIpc) is 3.30. The van der Waals surface area contributed by atoms with Crippen LogP contribution in [0.5, 0.6) is 0 Å². The fourth-order valence-corrected chi connectivity index (χ4v) is 3.58. The van der Waals surface area contributed by atoms with Crippen LogP contribution in [0.4, 0.5) is 0 Å². The Morgan fingerprint density at radius 1 is 1.30 bits per heavy atom. The van der Waals surface area contributed by atoms with Crippen molar-refractivity contribution in [2.45, 2.75) is 50.2 Å². The van der Waals surface area contributed by atoms with E-state index in [-0.39, 0.29) is 36.8 Å². The smallest absolute Gasteiger partial charge is 0.332 e. The second kappa shape index (κ2) is 12.3. The molecule has 13 nitrogen and oxygen atoms in total. The van der Waals surface area contributed by atoms with E-state index >= 15 is 0 Å². The lowest BCUT2D eigenvalue weighted by Crippen LogP contribution is -2.58. The summed E-state index contributed by atoms with van der Waals surface area (Å²) in [4.78, 5) is 53.2. The number of aliphatic carboxylic acids is 1. The molecule has 1 heterocycles. The highest BCUT2D eigenvalue weighted by molar-refractivity contribution is 5.91. The summed E-state index contributed by atoms with van der Waals surface area (Å²) in [6.07, 6.45) is 1.15. The molecule has 1 aromatic carbocycles. The van der Waals surface area contributed by atoms with E-state index in [1.165, 1.54) is 0 Å². The number of nitrogens with one attached hydrogen (secondary N) is 2. The third-order valence-corrected chi connectivity index (χ3v) is 5.19. The molecule has 1 fully saturated rings. The Balaban J connectivity index is 2.26. The van der Waals surface area contributed by atoms with Crippen LogP contribution in [0, 0.1) is 10.1 Å². The van der Waals surface area contributed by atoms with Gasteiger partial charge >= 0.3 is 11.9 Å². The number of carbonyl (C=O) groups is 3. The Morgan fingerprint density at radius 3 is 2.55 bits per heavy atom. The summed E-state index contributed by atoms with van der Waals surface area (Å²) in [5.74, 6) is -3.34. The number of nitro groups is 1. The number of benzene rings is 1. The second-order valence-electron chi connectivity index (χ2n) is 7.62. The summed E-state index contributed by atoms with van der Waals surface area (Å²) in [6.45, 7) is 0.691. The summed E-state index contributed by atoms with van der Waals surface area (Å²) in [5.41, 5.74) is 11.1. The minimum Gasteiger partial charge on any atom is -0.480 e. The number of hydrazine groups is 1. The molecule has 0 radical (unpaired) electrons. The summed E-state index contributed by atoms with van der Waals surface area (Å²) in [6, 6.07) is 5.03. The Labute approximate surface area is 190 Å². The lowest BCUT2D eigenvalue weighted by Gasteiger charge is -2.25. The van der Waals surface area contributed by atoms with Gasteiger partial charge in [-0.3, -0.25) is 14.6 Å². The number of rotatable bonds is 12. The predicted molar refractivity (Wildman–Crippen MR) is 118 cm³/mol. The summed E-state index contributed by atoms with van der Waals surface area (Å²) < 4.78 is 0. The molecule has 1 aliphatic rings. The van der Waals surface area contributed by atoms with Gasteiger partial charge in [0.15, 0.2) is 17.0 Å². The lowest BCUT2D eigenvalue weighted by molar-refractivity contribution is -0.640. The zero-order valence-electron chi connectivity index (χ0n) is 18.1. The molecule has 2 amide bonds. The van der Waals surface area contributed by atoms with Crippen molar-refractivity contribution in [2.24, 2.45) is 16.5 Å². The Bertz CT molecular complexity index is 869. The van der Waals surface area contributed by atoms with E-state index in [1.807, 2.05) is 0 Å². The molecule has 0 aliphatic carbocycles. The largest absolute Gasteiger partial charge is 0.480 e. The topological polar surface area (TPSA) is 206 Å². The van der Waals surface area contributed by atoms with E-state index in [2.05, 4.69) is 15.6 Å². The van der Waals surface area contributed by atoms with Crippen LogP contribution >= 0.6 is 0 Å². The molecule has 180 valence electrons. The van der Waals surface area contributed by atoms with Crippen molar-refractivity contribution in [3.05, 3.63) is 46.0 Å². The van der Waals surface area contributed by atoms with E-state index in [0.29, 0.717) is 18.5 Å². The number of guanidine groups is 1. The molecule has 0 unspecified atom stereocenters. The third kappa shape index (κ3) is 7.71. The molecule has 33 heavy (non-hydrogen) atoms. The van der Waals surface area contributed by atoms with Crippen molar-refractivity contribution in [3.8, 4) is 0 Å². The van der Waals surface area contributed by atoms with E-state index < -0.39 is 40.9 Å². The summed E-state index contributed by atoms with van der Waals surface area (Å²) >= 11 is 0. The minimum atomic E-state index is -1.76. The number of aliphatic imine (C=N–C) groups is 1. The van der Waals surface area contributed by atoms with Crippen molar-refractivity contribution in [1.29, 1.82) is 0 Å². The zero-order valence-corrected chi connectivity index (χ0v) is 18.1. The highest BCUT2D eigenvalue weighted by Gasteiger charge is 2.43. The van der Waals surface area contributed by atoms with Gasteiger partial charge in [0.2, 0.25) is 5.91 Å². The molecular weight excluding hydrogens is 434 g/mol. The van der Waals surface area contributed by atoms with Gasteiger partial charge in [-0.1, -0.05) is 30.3 Å². The fraction of sp³-hybridized carbons (Fsp3) is 0.500. The third-order valence-electron chi connectivity index (χ3n) is 5.19. The average molecular weight is 463 g/mol. The number of amides is 2. The molecule has 1 saturated heterocycles. The Kier molecular flexibility index (Phi) is 9.54. The zero-order chi connectivity index (χ0) is 24.4. The SMILES string of the molecule is NC(N)=NCCC[C@@H](C(=O)O)N(C(=O)[C@H](Cc1ccccc1)NC(=O)[C@@H]1CCCN1)[N+](=O)[O-]. The summed E-state index contributed by atoms with van der Waals surface area (Å²) in [7, 11) is 0. The van der Waals surface area contributed by atoms with E-state index in [1.54, 1.807) is 30.3 Å². The van der Waals surface area contributed by atoms with Gasteiger partial charge in [0.1, 0.15) is 6.04 Å². The molecule has 13 heteroatoms. The van der Waals surface area contributed by atoms with Crippen LogP contribution in [0.25, 0.3) is 0 Å². The maximum atomic E-state index is 13.2. The number of carboxylic acids is 1. The first-order valence-corrected chi connectivity index (χ1v) is 10.5. The van der Waals surface area contributed by atoms with Crippen LogP contribution in [0.15, 0.2) is 35.3 Å². The second-order valence-corrected chi connectivity index (χ2v) is 7.62. The lowest BCUT2D eigenvalue weighted by atomic mass is 10.0. The van der Waals surface area contributed by atoms with E-state index in [9.17, 15) is 29.6 Å².